The molecular weight excluding hydrogens is 379 g/mol. The molecule has 3 rings (SSSR count). The van der Waals surface area contributed by atoms with Gasteiger partial charge in [0, 0.05) is 16.9 Å². The third-order valence-electron chi connectivity index (χ3n) is 4.29. The first-order chi connectivity index (χ1) is 13.2. The number of sulfonamides is 1. The molecule has 7 heteroatoms. The summed E-state index contributed by atoms with van der Waals surface area (Å²) in [4.78, 5) is 12.4. The minimum atomic E-state index is -3.72. The highest BCUT2D eigenvalue weighted by Gasteiger charge is 2.15. The summed E-state index contributed by atoms with van der Waals surface area (Å²) in [6.07, 6.45) is 0. The molecule has 0 heterocycles. The minimum absolute atomic E-state index is 0.175. The highest BCUT2D eigenvalue weighted by atomic mass is 32.2. The summed E-state index contributed by atoms with van der Waals surface area (Å²) < 4.78 is 40.5. The topological polar surface area (TPSA) is 75.3 Å². The van der Waals surface area contributed by atoms with Gasteiger partial charge in [-0.15, -0.1) is 0 Å². The molecule has 0 unspecified atom stereocenters. The Balaban J connectivity index is 1.72. The fourth-order valence-corrected chi connectivity index (χ4v) is 3.66. The van der Waals surface area contributed by atoms with Crippen LogP contribution in [0.1, 0.15) is 21.5 Å². The molecule has 0 fully saturated rings. The van der Waals surface area contributed by atoms with Crippen LogP contribution in [0.5, 0.6) is 0 Å². The monoisotopic (exact) mass is 398 g/mol. The number of amides is 1. The van der Waals surface area contributed by atoms with Crippen molar-refractivity contribution in [2.24, 2.45) is 0 Å². The van der Waals surface area contributed by atoms with Gasteiger partial charge >= 0.3 is 0 Å². The lowest BCUT2D eigenvalue weighted by Gasteiger charge is -2.10. The molecule has 0 atom stereocenters. The van der Waals surface area contributed by atoms with Crippen molar-refractivity contribution in [1.82, 2.24) is 0 Å². The summed E-state index contributed by atoms with van der Waals surface area (Å²) in [5.41, 5.74) is 3.05. The lowest BCUT2D eigenvalue weighted by Crippen LogP contribution is -2.14. The first-order valence-electron chi connectivity index (χ1n) is 8.52. The largest absolute Gasteiger partial charge is 0.322 e. The number of carbonyl (C=O) groups is 1. The second kappa shape index (κ2) is 7.82. The molecule has 1 amide bonds. The van der Waals surface area contributed by atoms with Crippen LogP contribution in [0.3, 0.4) is 0 Å². The van der Waals surface area contributed by atoms with Crippen molar-refractivity contribution < 1.29 is 17.6 Å². The van der Waals surface area contributed by atoms with E-state index in [0.29, 0.717) is 16.9 Å². The number of nitrogens with one attached hydrogen (secondary N) is 2. The van der Waals surface area contributed by atoms with E-state index in [1.54, 1.807) is 18.2 Å². The van der Waals surface area contributed by atoms with E-state index in [1.807, 2.05) is 13.8 Å². The predicted octanol–water partition coefficient (Wildman–Crippen LogP) is 4.50. The summed E-state index contributed by atoms with van der Waals surface area (Å²) in [5, 5.41) is 2.65. The Bertz CT molecular complexity index is 1110. The van der Waals surface area contributed by atoms with E-state index in [4.69, 9.17) is 0 Å². The molecule has 0 radical (unpaired) electrons. The van der Waals surface area contributed by atoms with Crippen molar-refractivity contribution in [3.8, 4) is 0 Å². The van der Waals surface area contributed by atoms with E-state index in [-0.39, 0.29) is 10.8 Å². The normalized spacial score (nSPS) is 11.1. The second-order valence-electron chi connectivity index (χ2n) is 6.39. The van der Waals surface area contributed by atoms with Crippen molar-refractivity contribution in [3.63, 3.8) is 0 Å². The molecule has 28 heavy (non-hydrogen) atoms. The highest BCUT2D eigenvalue weighted by Crippen LogP contribution is 2.20. The van der Waals surface area contributed by atoms with E-state index >= 15 is 0 Å². The molecule has 0 aromatic heterocycles. The Kier molecular flexibility index (Phi) is 5.46. The maximum atomic E-state index is 12.9. The molecule has 3 aromatic carbocycles. The summed E-state index contributed by atoms with van der Waals surface area (Å²) in [7, 11) is -3.72. The number of aryl methyl sites for hydroxylation is 2. The highest BCUT2D eigenvalue weighted by molar-refractivity contribution is 7.92. The first-order valence-corrected chi connectivity index (χ1v) is 10.00. The molecular formula is C21H19FN2O3S. The van der Waals surface area contributed by atoms with Crippen molar-refractivity contribution in [2.75, 3.05) is 10.0 Å². The van der Waals surface area contributed by atoms with E-state index < -0.39 is 15.8 Å². The first kappa shape index (κ1) is 19.6. The van der Waals surface area contributed by atoms with Gasteiger partial charge < -0.3 is 5.32 Å². The zero-order chi connectivity index (χ0) is 20.3. The lowest BCUT2D eigenvalue weighted by atomic mass is 10.1. The molecule has 0 spiro atoms. The van der Waals surface area contributed by atoms with Crippen molar-refractivity contribution in [3.05, 3.63) is 89.2 Å². The summed E-state index contributed by atoms with van der Waals surface area (Å²) in [6.45, 7) is 3.76. The van der Waals surface area contributed by atoms with Crippen molar-refractivity contribution in [2.45, 2.75) is 18.7 Å². The number of halogens is 1. The van der Waals surface area contributed by atoms with Gasteiger partial charge in [0.25, 0.3) is 15.9 Å². The van der Waals surface area contributed by atoms with Crippen molar-refractivity contribution >= 4 is 27.3 Å². The van der Waals surface area contributed by atoms with Crippen molar-refractivity contribution in [1.29, 1.82) is 0 Å². The van der Waals surface area contributed by atoms with E-state index in [1.165, 1.54) is 48.5 Å². The van der Waals surface area contributed by atoms with Gasteiger partial charge in [-0.1, -0.05) is 6.07 Å². The average molecular weight is 398 g/mol. The zero-order valence-electron chi connectivity index (χ0n) is 15.4. The molecule has 0 aliphatic carbocycles. The summed E-state index contributed by atoms with van der Waals surface area (Å²) in [5.74, 6) is -0.770. The Hall–Kier alpha value is -3.19. The van der Waals surface area contributed by atoms with Crippen LogP contribution < -0.4 is 10.0 Å². The molecule has 0 saturated heterocycles. The summed E-state index contributed by atoms with van der Waals surface area (Å²) in [6, 6.07) is 16.4. The number of rotatable bonds is 5. The maximum absolute atomic E-state index is 12.9. The molecule has 0 saturated carbocycles. The van der Waals surface area contributed by atoms with Crippen LogP contribution in [0.4, 0.5) is 15.8 Å². The molecule has 0 aliphatic heterocycles. The third-order valence-corrected chi connectivity index (χ3v) is 5.67. The fourth-order valence-electron chi connectivity index (χ4n) is 2.52. The second-order valence-corrected chi connectivity index (χ2v) is 8.07. The Labute approximate surface area is 163 Å². The maximum Gasteiger partial charge on any atom is 0.261 e. The lowest BCUT2D eigenvalue weighted by molar-refractivity contribution is 0.102. The van der Waals surface area contributed by atoms with Gasteiger partial charge in [0.05, 0.1) is 4.90 Å². The van der Waals surface area contributed by atoms with Gasteiger partial charge in [0.2, 0.25) is 0 Å². The minimum Gasteiger partial charge on any atom is -0.322 e. The molecule has 5 nitrogen and oxygen atoms in total. The Morgan fingerprint density at radius 3 is 2.04 bits per heavy atom. The SMILES string of the molecule is Cc1ccc(S(=O)(=O)Nc2ccc(C(=O)Nc3ccc(F)cc3)cc2)cc1C. The number of hydrogen-bond donors (Lipinski definition) is 2. The van der Waals surface area contributed by atoms with Crippen LogP contribution in [-0.2, 0) is 10.0 Å². The smallest absolute Gasteiger partial charge is 0.261 e. The van der Waals surface area contributed by atoms with Gasteiger partial charge in [-0.3, -0.25) is 9.52 Å². The molecule has 144 valence electrons. The third kappa shape index (κ3) is 4.55. The quantitative estimate of drug-likeness (QED) is 0.665. The van der Waals surface area contributed by atoms with Gasteiger partial charge in [-0.05, 0) is 85.6 Å². The van der Waals surface area contributed by atoms with E-state index in [0.717, 1.165) is 11.1 Å². The number of carbonyl (C=O) groups excluding carboxylic acids is 1. The molecule has 2 N–H and O–H groups in total. The Morgan fingerprint density at radius 2 is 1.43 bits per heavy atom. The number of anilines is 2. The molecule has 3 aromatic rings. The number of hydrogen-bond acceptors (Lipinski definition) is 3. The van der Waals surface area contributed by atoms with Gasteiger partial charge in [0.15, 0.2) is 0 Å². The van der Waals surface area contributed by atoms with Crippen LogP contribution in [0.15, 0.2) is 71.6 Å². The van der Waals surface area contributed by atoms with Crippen LogP contribution in [0, 0.1) is 19.7 Å². The van der Waals surface area contributed by atoms with Crippen LogP contribution in [0.25, 0.3) is 0 Å². The van der Waals surface area contributed by atoms with Gasteiger partial charge in [0.1, 0.15) is 5.82 Å². The van der Waals surface area contributed by atoms with E-state index in [9.17, 15) is 17.6 Å². The van der Waals surface area contributed by atoms with Gasteiger partial charge in [-0.2, -0.15) is 0 Å². The number of benzene rings is 3. The fraction of sp³-hybridized carbons (Fsp3) is 0.0952. The van der Waals surface area contributed by atoms with Crippen LogP contribution in [-0.4, -0.2) is 14.3 Å². The van der Waals surface area contributed by atoms with E-state index in [2.05, 4.69) is 10.0 Å². The van der Waals surface area contributed by atoms with Crippen LogP contribution in [0.2, 0.25) is 0 Å². The molecule has 0 bridgehead atoms. The van der Waals surface area contributed by atoms with Gasteiger partial charge in [-0.25, -0.2) is 12.8 Å². The van der Waals surface area contributed by atoms with Crippen LogP contribution >= 0.6 is 0 Å². The molecule has 0 aliphatic rings. The predicted molar refractivity (Wildman–Crippen MR) is 108 cm³/mol. The summed E-state index contributed by atoms with van der Waals surface area (Å²) >= 11 is 0. The standard InChI is InChI=1S/C21H19FN2O3S/c1-14-3-12-20(13-15(14)2)28(26,27)24-19-8-4-16(5-9-19)21(25)23-18-10-6-17(22)7-11-18/h3-13,24H,1-2H3,(H,23,25). The average Bonchev–Trinajstić information content (AvgIpc) is 2.66. The Morgan fingerprint density at radius 1 is 0.821 bits per heavy atom. The zero-order valence-corrected chi connectivity index (χ0v) is 16.2.